The van der Waals surface area contributed by atoms with Gasteiger partial charge in [0.1, 0.15) is 18.0 Å². The first-order valence-electron chi connectivity index (χ1n) is 7.65. The Morgan fingerprint density at radius 3 is 2.70 bits per heavy atom. The van der Waals surface area contributed by atoms with Crippen molar-refractivity contribution in [2.24, 2.45) is 5.92 Å². The van der Waals surface area contributed by atoms with Crippen LogP contribution in [-0.2, 0) is 11.3 Å². The topological polar surface area (TPSA) is 91.2 Å². The van der Waals surface area contributed by atoms with E-state index in [4.69, 9.17) is 5.11 Å². The van der Waals surface area contributed by atoms with Gasteiger partial charge in [-0.25, -0.2) is 9.97 Å². The van der Waals surface area contributed by atoms with Crippen molar-refractivity contribution in [2.45, 2.75) is 19.4 Å². The van der Waals surface area contributed by atoms with Crippen LogP contribution in [0.2, 0.25) is 0 Å². The fourth-order valence-corrected chi connectivity index (χ4v) is 2.67. The first kappa shape index (κ1) is 15.2. The van der Waals surface area contributed by atoms with Gasteiger partial charge in [0.25, 0.3) is 0 Å². The second-order valence-corrected chi connectivity index (χ2v) is 5.57. The molecule has 0 spiro atoms. The SMILES string of the molecule is O=C(O)C1CCN(c2cc(NCc3ccncc3)ncn2)CC1. The van der Waals surface area contributed by atoms with E-state index >= 15 is 0 Å². The minimum Gasteiger partial charge on any atom is -0.481 e. The molecule has 2 N–H and O–H groups in total. The van der Waals surface area contributed by atoms with Gasteiger partial charge < -0.3 is 15.3 Å². The number of aliphatic carboxylic acids is 1. The Labute approximate surface area is 134 Å². The lowest BCUT2D eigenvalue weighted by molar-refractivity contribution is -0.142. The molecule has 0 amide bonds. The lowest BCUT2D eigenvalue weighted by atomic mass is 9.97. The van der Waals surface area contributed by atoms with E-state index in [0.29, 0.717) is 32.5 Å². The molecule has 7 heteroatoms. The van der Waals surface area contributed by atoms with Crippen LogP contribution in [0.4, 0.5) is 11.6 Å². The largest absolute Gasteiger partial charge is 0.481 e. The number of carboxylic acids is 1. The smallest absolute Gasteiger partial charge is 0.306 e. The molecule has 0 aliphatic carbocycles. The maximum Gasteiger partial charge on any atom is 0.306 e. The summed E-state index contributed by atoms with van der Waals surface area (Å²) >= 11 is 0. The van der Waals surface area contributed by atoms with Gasteiger partial charge in [0.05, 0.1) is 5.92 Å². The molecule has 3 rings (SSSR count). The fraction of sp³-hybridized carbons (Fsp3) is 0.375. The Hall–Kier alpha value is -2.70. The number of anilines is 2. The van der Waals surface area contributed by atoms with E-state index in [0.717, 1.165) is 17.2 Å². The van der Waals surface area contributed by atoms with Gasteiger partial charge in [-0.05, 0) is 30.5 Å². The van der Waals surface area contributed by atoms with Crippen molar-refractivity contribution in [3.63, 3.8) is 0 Å². The van der Waals surface area contributed by atoms with E-state index in [-0.39, 0.29) is 5.92 Å². The van der Waals surface area contributed by atoms with Crippen LogP contribution in [0.5, 0.6) is 0 Å². The summed E-state index contributed by atoms with van der Waals surface area (Å²) in [5, 5.41) is 12.3. The van der Waals surface area contributed by atoms with E-state index in [1.165, 1.54) is 6.33 Å². The van der Waals surface area contributed by atoms with Crippen LogP contribution in [0.3, 0.4) is 0 Å². The van der Waals surface area contributed by atoms with Crippen molar-refractivity contribution >= 4 is 17.6 Å². The summed E-state index contributed by atoms with van der Waals surface area (Å²) in [5.41, 5.74) is 1.13. The number of hydrogen-bond donors (Lipinski definition) is 2. The minimum absolute atomic E-state index is 0.239. The molecule has 0 aromatic carbocycles. The fourth-order valence-electron chi connectivity index (χ4n) is 2.67. The molecule has 1 aliphatic heterocycles. The normalized spacial score (nSPS) is 15.4. The highest BCUT2D eigenvalue weighted by Gasteiger charge is 2.25. The number of nitrogens with one attached hydrogen (secondary N) is 1. The molecule has 2 aromatic rings. The van der Waals surface area contributed by atoms with Crippen molar-refractivity contribution in [1.29, 1.82) is 0 Å². The Bertz CT molecular complexity index is 657. The number of carboxylic acid groups (broad SMARTS) is 1. The average Bonchev–Trinajstić information content (AvgIpc) is 2.61. The van der Waals surface area contributed by atoms with Crippen molar-refractivity contribution in [3.8, 4) is 0 Å². The summed E-state index contributed by atoms with van der Waals surface area (Å²) in [7, 11) is 0. The Morgan fingerprint density at radius 1 is 1.26 bits per heavy atom. The van der Waals surface area contributed by atoms with Crippen LogP contribution in [0.15, 0.2) is 36.9 Å². The highest BCUT2D eigenvalue weighted by molar-refractivity contribution is 5.70. The van der Waals surface area contributed by atoms with E-state index in [2.05, 4.69) is 25.2 Å². The zero-order valence-electron chi connectivity index (χ0n) is 12.7. The van der Waals surface area contributed by atoms with Crippen LogP contribution in [0.1, 0.15) is 18.4 Å². The zero-order chi connectivity index (χ0) is 16.1. The van der Waals surface area contributed by atoms with Crippen LogP contribution in [0.25, 0.3) is 0 Å². The standard InChI is InChI=1S/C16H19N5O2/c22-16(23)13-3-7-21(8-4-13)15-9-14(19-11-20-15)18-10-12-1-5-17-6-2-12/h1-2,5-6,9,11,13H,3-4,7-8,10H2,(H,22,23)(H,18,19,20). The van der Waals surface area contributed by atoms with Crippen molar-refractivity contribution in [3.05, 3.63) is 42.5 Å². The van der Waals surface area contributed by atoms with Gasteiger partial charge in [-0.2, -0.15) is 0 Å². The van der Waals surface area contributed by atoms with E-state index in [1.807, 2.05) is 18.2 Å². The highest BCUT2D eigenvalue weighted by Crippen LogP contribution is 2.23. The predicted octanol–water partition coefficient (Wildman–Crippen LogP) is 1.78. The van der Waals surface area contributed by atoms with Gasteiger partial charge in [-0.3, -0.25) is 9.78 Å². The Morgan fingerprint density at radius 2 is 2.00 bits per heavy atom. The maximum absolute atomic E-state index is 11.0. The molecule has 0 unspecified atom stereocenters. The second kappa shape index (κ2) is 7.04. The number of rotatable bonds is 5. The van der Waals surface area contributed by atoms with Crippen molar-refractivity contribution < 1.29 is 9.90 Å². The maximum atomic E-state index is 11.0. The Kier molecular flexibility index (Phi) is 4.65. The second-order valence-electron chi connectivity index (χ2n) is 5.57. The molecule has 3 heterocycles. The van der Waals surface area contributed by atoms with Crippen LogP contribution < -0.4 is 10.2 Å². The molecular formula is C16H19N5O2. The van der Waals surface area contributed by atoms with E-state index in [1.54, 1.807) is 12.4 Å². The van der Waals surface area contributed by atoms with Crippen LogP contribution >= 0.6 is 0 Å². The molecule has 1 aliphatic rings. The van der Waals surface area contributed by atoms with E-state index < -0.39 is 5.97 Å². The third kappa shape index (κ3) is 3.94. The molecule has 120 valence electrons. The van der Waals surface area contributed by atoms with Gasteiger partial charge in [0, 0.05) is 38.1 Å². The lowest BCUT2D eigenvalue weighted by Crippen LogP contribution is -2.36. The minimum atomic E-state index is -0.702. The highest BCUT2D eigenvalue weighted by atomic mass is 16.4. The molecule has 1 fully saturated rings. The van der Waals surface area contributed by atoms with Gasteiger partial charge >= 0.3 is 5.97 Å². The predicted molar refractivity (Wildman–Crippen MR) is 86.2 cm³/mol. The summed E-state index contributed by atoms with van der Waals surface area (Å²) in [5.74, 6) is 0.651. The number of pyridine rings is 1. The molecule has 0 saturated carbocycles. The van der Waals surface area contributed by atoms with E-state index in [9.17, 15) is 4.79 Å². The summed E-state index contributed by atoms with van der Waals surface area (Å²) in [6.07, 6.45) is 6.36. The average molecular weight is 313 g/mol. The Balaban J connectivity index is 1.60. The molecule has 0 radical (unpaired) electrons. The summed E-state index contributed by atoms with van der Waals surface area (Å²) in [6.45, 7) is 2.08. The quantitative estimate of drug-likeness (QED) is 0.869. The third-order valence-electron chi connectivity index (χ3n) is 4.04. The molecular weight excluding hydrogens is 294 g/mol. The summed E-state index contributed by atoms with van der Waals surface area (Å²) in [4.78, 5) is 25.7. The van der Waals surface area contributed by atoms with Crippen LogP contribution in [-0.4, -0.2) is 39.1 Å². The molecule has 23 heavy (non-hydrogen) atoms. The van der Waals surface area contributed by atoms with Gasteiger partial charge in [-0.1, -0.05) is 0 Å². The number of nitrogens with zero attached hydrogens (tertiary/aromatic N) is 4. The first-order chi connectivity index (χ1) is 11.2. The molecule has 0 atom stereocenters. The number of carbonyl (C=O) groups is 1. The first-order valence-corrected chi connectivity index (χ1v) is 7.65. The number of hydrogen-bond acceptors (Lipinski definition) is 6. The van der Waals surface area contributed by atoms with Gasteiger partial charge in [-0.15, -0.1) is 0 Å². The molecule has 1 saturated heterocycles. The molecule has 0 bridgehead atoms. The lowest BCUT2D eigenvalue weighted by Gasteiger charge is -2.31. The van der Waals surface area contributed by atoms with Crippen molar-refractivity contribution in [2.75, 3.05) is 23.3 Å². The molecule has 2 aromatic heterocycles. The summed E-state index contributed by atoms with van der Waals surface area (Å²) < 4.78 is 0. The summed E-state index contributed by atoms with van der Waals surface area (Å²) in [6, 6.07) is 5.81. The molecule has 7 nitrogen and oxygen atoms in total. The van der Waals surface area contributed by atoms with Gasteiger partial charge in [0.2, 0.25) is 0 Å². The zero-order valence-corrected chi connectivity index (χ0v) is 12.7. The monoisotopic (exact) mass is 313 g/mol. The van der Waals surface area contributed by atoms with Crippen LogP contribution in [0, 0.1) is 5.92 Å². The third-order valence-corrected chi connectivity index (χ3v) is 4.04. The number of aromatic nitrogens is 3. The number of piperidine rings is 1. The van der Waals surface area contributed by atoms with Crippen molar-refractivity contribution in [1.82, 2.24) is 15.0 Å². The van der Waals surface area contributed by atoms with Gasteiger partial charge in [0.15, 0.2) is 0 Å².